The number of hydrogen-bond donors (Lipinski definition) is 10. The van der Waals surface area contributed by atoms with E-state index in [9.17, 15) is 90.2 Å². The van der Waals surface area contributed by atoms with Crippen molar-refractivity contribution in [2.75, 3.05) is 61.0 Å². The van der Waals surface area contributed by atoms with Crippen LogP contribution in [0.3, 0.4) is 0 Å². The summed E-state index contributed by atoms with van der Waals surface area (Å²) in [7, 11) is -18.3. The smallest absolute Gasteiger partial charge is 0.407 e. The molecule has 0 radical (unpaired) electrons. The van der Waals surface area contributed by atoms with Gasteiger partial charge in [-0.3, -0.25) is 47.3 Å². The average Bonchev–Trinajstić information content (AvgIpc) is 1.59. The largest absolute Gasteiger partial charge is 0.744 e. The Bertz CT molecular complexity index is 4250. The van der Waals surface area contributed by atoms with Gasteiger partial charge >= 0.3 is 12.1 Å². The second kappa shape index (κ2) is 37.1. The third-order valence-electron chi connectivity index (χ3n) is 17.6. The van der Waals surface area contributed by atoms with E-state index in [2.05, 4.69) is 31.9 Å². The first-order valence-corrected chi connectivity index (χ1v) is 39.7. The van der Waals surface area contributed by atoms with Crippen LogP contribution in [0.15, 0.2) is 119 Å². The fourth-order valence-electron chi connectivity index (χ4n) is 12.3. The van der Waals surface area contributed by atoms with Crippen LogP contribution in [0.2, 0.25) is 0 Å². The van der Waals surface area contributed by atoms with Gasteiger partial charge in [0.1, 0.15) is 35.4 Å². The first-order chi connectivity index (χ1) is 48.3. The van der Waals surface area contributed by atoms with Crippen molar-refractivity contribution in [1.29, 1.82) is 0 Å². The molecule has 11 N–H and O–H groups in total. The van der Waals surface area contributed by atoms with Gasteiger partial charge in [0.2, 0.25) is 29.3 Å². The Balaban J connectivity index is 0.990. The Morgan fingerprint density at radius 1 is 0.650 bits per heavy atom. The third-order valence-corrected chi connectivity index (χ3v) is 20.9. The molecule has 0 spiro atoms. The molecule has 9 amide bonds. The molecule has 0 saturated carbocycles. The lowest BCUT2D eigenvalue weighted by Crippen LogP contribution is -2.54. The van der Waals surface area contributed by atoms with Crippen LogP contribution in [0.25, 0.3) is 0 Å². The molecule has 6 rings (SSSR count). The zero-order chi connectivity index (χ0) is 76.1. The number of alkyl carbamates (subject to hydrolysis) is 1. The number of carbonyl (C=O) groups is 8. The Morgan fingerprint density at radius 2 is 1.26 bits per heavy atom. The number of unbranched alkanes of at least 4 members (excludes halogenated alkanes) is 4. The predicted octanol–water partition coefficient (Wildman–Crippen LogP) is 5.42. The molecule has 0 fully saturated rings. The highest BCUT2D eigenvalue weighted by molar-refractivity contribution is 7.86. The van der Waals surface area contributed by atoms with E-state index in [4.69, 9.17) is 10.5 Å². The Hall–Kier alpha value is -8.71. The molecular formula is C68H92N10O21S4. The minimum atomic E-state index is -4.95. The van der Waals surface area contributed by atoms with Crippen LogP contribution in [0.1, 0.15) is 141 Å². The summed E-state index contributed by atoms with van der Waals surface area (Å²) in [5, 5.41) is 16.1. The zero-order valence-electron chi connectivity index (χ0n) is 58.1. The van der Waals surface area contributed by atoms with Crippen molar-refractivity contribution in [1.82, 2.24) is 31.5 Å². The van der Waals surface area contributed by atoms with E-state index in [1.807, 2.05) is 20.8 Å². The van der Waals surface area contributed by atoms with Crippen molar-refractivity contribution >= 4 is 111 Å². The van der Waals surface area contributed by atoms with Gasteiger partial charge in [0.05, 0.1) is 26.7 Å². The second-order valence-electron chi connectivity index (χ2n) is 26.2. The number of hydrogen-bond acceptors (Lipinski definition) is 19. The molecule has 0 aromatic heterocycles. The van der Waals surface area contributed by atoms with E-state index >= 15 is 0 Å². The van der Waals surface area contributed by atoms with Gasteiger partial charge in [-0.1, -0.05) is 63.5 Å². The minimum absolute atomic E-state index is 0.00407. The molecule has 3 heterocycles. The molecule has 564 valence electrons. The number of ether oxygens (including phenoxy) is 1. The van der Waals surface area contributed by atoms with Crippen molar-refractivity contribution in [3.8, 4) is 0 Å². The summed E-state index contributed by atoms with van der Waals surface area (Å²) in [6.07, 6.45) is 14.3. The minimum Gasteiger partial charge on any atom is -0.744 e. The molecule has 31 nitrogen and oxygen atoms in total. The number of anilines is 2. The van der Waals surface area contributed by atoms with Crippen molar-refractivity contribution < 1.29 is 99.6 Å². The predicted molar refractivity (Wildman–Crippen MR) is 380 cm³/mol. The van der Waals surface area contributed by atoms with Gasteiger partial charge < -0.3 is 51.8 Å². The number of nitrogens with one attached hydrogen (secondary N) is 6. The molecule has 3 aromatic carbocycles. The monoisotopic (exact) mass is 1510 g/mol. The molecule has 3 aliphatic rings. The number of primary amides is 1. The maximum Gasteiger partial charge on any atom is 0.407 e. The molecule has 0 saturated heterocycles. The summed E-state index contributed by atoms with van der Waals surface area (Å²) < 4.78 is 145. The first-order valence-electron chi connectivity index (χ1n) is 33.6. The van der Waals surface area contributed by atoms with Crippen LogP contribution in [-0.2, 0) is 91.4 Å². The van der Waals surface area contributed by atoms with Crippen molar-refractivity contribution in [3.63, 3.8) is 0 Å². The molecule has 1 unspecified atom stereocenters. The number of imide groups is 1. The fourth-order valence-corrected chi connectivity index (χ4v) is 14.3. The molecular weight excluding hydrogens is 1420 g/mol. The Morgan fingerprint density at radius 3 is 1.90 bits per heavy atom. The van der Waals surface area contributed by atoms with Crippen LogP contribution in [0, 0.1) is 5.92 Å². The summed E-state index contributed by atoms with van der Waals surface area (Å²) in [5.41, 5.74) is 7.41. The summed E-state index contributed by atoms with van der Waals surface area (Å²) in [6.45, 7) is 9.63. The van der Waals surface area contributed by atoms with E-state index in [1.165, 1.54) is 42.5 Å². The number of allylic oxidation sites excluding steroid dienone is 6. The van der Waals surface area contributed by atoms with Gasteiger partial charge in [0.15, 0.2) is 5.71 Å². The van der Waals surface area contributed by atoms with Crippen LogP contribution >= 0.6 is 0 Å². The molecule has 103 heavy (non-hydrogen) atoms. The van der Waals surface area contributed by atoms with Gasteiger partial charge in [0, 0.05) is 104 Å². The number of nitrogens with zero attached hydrogens (tertiary/aromatic N) is 3. The maximum absolute atomic E-state index is 13.7. The molecule has 35 heteroatoms. The quantitative estimate of drug-likeness (QED) is 0.0111. The second-order valence-corrected chi connectivity index (χ2v) is 32.2. The van der Waals surface area contributed by atoms with Crippen LogP contribution in [-0.4, -0.2) is 177 Å². The van der Waals surface area contributed by atoms with E-state index in [1.54, 1.807) is 78.0 Å². The number of fused-ring (bicyclic) bond motifs is 2. The molecule has 0 bridgehead atoms. The highest BCUT2D eigenvalue weighted by Gasteiger charge is 2.46. The number of urea groups is 1. The highest BCUT2D eigenvalue weighted by Crippen LogP contribution is 2.51. The Labute approximate surface area is 600 Å². The summed E-state index contributed by atoms with van der Waals surface area (Å²) >= 11 is 0. The van der Waals surface area contributed by atoms with Gasteiger partial charge in [-0.05, 0) is 138 Å². The highest BCUT2D eigenvalue weighted by atomic mass is 32.2. The number of amides is 9. The molecule has 0 aliphatic carbocycles. The normalized spacial score (nSPS) is 16.9. The lowest BCUT2D eigenvalue weighted by molar-refractivity contribution is -0.437. The summed E-state index contributed by atoms with van der Waals surface area (Å²) in [5.74, 6) is -4.15. The number of nitrogens with two attached hydrogens (primary N) is 1. The van der Waals surface area contributed by atoms with E-state index in [0.717, 1.165) is 11.0 Å². The van der Waals surface area contributed by atoms with E-state index < -0.39 is 110 Å². The van der Waals surface area contributed by atoms with Crippen LogP contribution < -0.4 is 42.5 Å². The van der Waals surface area contributed by atoms with Crippen molar-refractivity contribution in [3.05, 3.63) is 126 Å². The zero-order valence-corrected chi connectivity index (χ0v) is 61.3. The first kappa shape index (κ1) is 83.2. The lowest BCUT2D eigenvalue weighted by atomic mass is 9.77. The molecule has 3 aromatic rings. The lowest BCUT2D eigenvalue weighted by Gasteiger charge is -2.30. The van der Waals surface area contributed by atoms with E-state index in [0.29, 0.717) is 96.5 Å². The SMILES string of the molecule is CC(C)[C@H](NC(=O)CCCCCN1C(=O)C=CC1=O)C(=O)N[C@@H](CCCNC(N)=O)C(=O)Nc1ccc(COC(=O)NCCCNC(=O)CCCCCC2(C)\C(=C/C=C/C=C/C3=[N+](CCCS(=O)(=O)O)c4ccc(S(=O)(=O)O)cc4C3(C)C)N(CCCS(=O)(=O)O)c3ccc(S(=O)(=O)[O-])cc32)cc1. The molecule has 3 aliphatic heterocycles. The summed E-state index contributed by atoms with van der Waals surface area (Å²) in [6, 6.07) is 11.5. The fraction of sp³-hybridized carbons (Fsp3) is 0.485. The van der Waals surface area contributed by atoms with Gasteiger partial charge in [-0.2, -0.15) is 29.8 Å². The maximum atomic E-state index is 13.7. The van der Waals surface area contributed by atoms with Gasteiger partial charge in [0.25, 0.3) is 42.2 Å². The summed E-state index contributed by atoms with van der Waals surface area (Å²) in [4.78, 5) is 103. The third kappa shape index (κ3) is 25.3. The van der Waals surface area contributed by atoms with Crippen molar-refractivity contribution in [2.24, 2.45) is 11.7 Å². The van der Waals surface area contributed by atoms with Crippen LogP contribution in [0.4, 0.5) is 26.7 Å². The molecule has 3 atom stereocenters. The van der Waals surface area contributed by atoms with Gasteiger partial charge in [-0.25, -0.2) is 18.0 Å². The number of rotatable bonds is 41. The average molecular weight is 1510 g/mol. The van der Waals surface area contributed by atoms with E-state index in [-0.39, 0.29) is 113 Å². The van der Waals surface area contributed by atoms with Crippen molar-refractivity contribution in [2.45, 2.75) is 164 Å². The Kier molecular flexibility index (Phi) is 30.0. The van der Waals surface area contributed by atoms with Crippen LogP contribution in [0.5, 0.6) is 0 Å². The number of carbonyl (C=O) groups excluding carboxylic acids is 8. The standard InChI is InChI=1S/C68H92N10O21S4/c1-46(2)62(75-59(80)23-12-8-14-38-78-60(81)32-33-61(78)82)64(84)74-53(19-15-35-71-65(69)85)63(83)73-48-26-24-47(25-27-48)45-99-66(86)72-37-16-36-70-58(79)22-11-7-13-34-68(5)52-44-50(103(96,97)98)29-31-55(52)77(40-18-42-101(90,91)92)57(68)21-10-6-9-20-56-67(3,4)51-43-49(102(93,94)95)28-30-54(51)76(56)39-17-41-100(87,88)89/h6,9-10,20-21,24-33,43-44,46,53,62H,7-8,11-19,22-23,34-42,45H2,1-5H3,(H11-,69,70,71,72,73,74,75,79,80,83,84,85,86,87,88,89,90,91,92,93,94,95,96,97,98)/t53-,62-,68?/m0/s1. The number of benzene rings is 3. The van der Waals surface area contributed by atoms with Gasteiger partial charge in [-0.15, -0.1) is 0 Å². The topological polar surface area (TPSA) is 474 Å².